The van der Waals surface area contributed by atoms with Gasteiger partial charge in [-0.05, 0) is 42.3 Å². The third kappa shape index (κ3) is 3.95. The van der Waals surface area contributed by atoms with Gasteiger partial charge in [-0.3, -0.25) is 0 Å². The molecule has 0 bridgehead atoms. The molecule has 0 saturated heterocycles. The van der Waals surface area contributed by atoms with Crippen LogP contribution in [0.4, 0.5) is 4.39 Å². The van der Waals surface area contributed by atoms with Gasteiger partial charge in [-0.1, -0.05) is 12.1 Å². The fourth-order valence-corrected chi connectivity index (χ4v) is 2.94. The molecule has 0 amide bonds. The summed E-state index contributed by atoms with van der Waals surface area (Å²) in [7, 11) is 4.81. The van der Waals surface area contributed by atoms with Gasteiger partial charge in [0.2, 0.25) is 0 Å². The molecule has 0 fully saturated rings. The van der Waals surface area contributed by atoms with Crippen molar-refractivity contribution in [1.82, 2.24) is 9.55 Å². The lowest BCUT2D eigenvalue weighted by Crippen LogP contribution is -2.15. The van der Waals surface area contributed by atoms with Crippen molar-refractivity contribution in [3.63, 3.8) is 0 Å². The van der Waals surface area contributed by atoms with Crippen LogP contribution < -0.4 is 9.47 Å². The van der Waals surface area contributed by atoms with E-state index in [0.29, 0.717) is 29.4 Å². The Bertz CT molecular complexity index is 924. The van der Waals surface area contributed by atoms with Crippen LogP contribution in [0.25, 0.3) is 22.5 Å². The Labute approximate surface area is 158 Å². The predicted molar refractivity (Wildman–Crippen MR) is 103 cm³/mol. The van der Waals surface area contributed by atoms with E-state index in [1.54, 1.807) is 39.7 Å². The molecular formula is C21H23FN2O3. The number of hydrogen-bond acceptors (Lipinski definition) is 4. The Hall–Kier alpha value is -2.86. The highest BCUT2D eigenvalue weighted by Gasteiger charge is 2.15. The van der Waals surface area contributed by atoms with Crippen LogP contribution in [0, 0.1) is 5.82 Å². The molecule has 142 valence electrons. The molecule has 0 aliphatic rings. The minimum absolute atomic E-state index is 0.00653. The smallest absolute Gasteiger partial charge is 0.161 e. The third-order valence-corrected chi connectivity index (χ3v) is 4.50. The lowest BCUT2D eigenvalue weighted by atomic mass is 10.0. The Morgan fingerprint density at radius 3 is 2.37 bits per heavy atom. The van der Waals surface area contributed by atoms with Crippen LogP contribution in [-0.2, 0) is 11.3 Å². The zero-order valence-electron chi connectivity index (χ0n) is 15.9. The maximum absolute atomic E-state index is 14.9. The summed E-state index contributed by atoms with van der Waals surface area (Å²) in [4.78, 5) is 4.32. The van der Waals surface area contributed by atoms with E-state index >= 15 is 0 Å². The first-order valence-electron chi connectivity index (χ1n) is 8.63. The van der Waals surface area contributed by atoms with E-state index in [1.807, 2.05) is 35.9 Å². The van der Waals surface area contributed by atoms with E-state index in [-0.39, 0.29) is 11.9 Å². The first-order chi connectivity index (χ1) is 13.1. The molecule has 1 aromatic heterocycles. The van der Waals surface area contributed by atoms with Crippen LogP contribution in [0.15, 0.2) is 48.8 Å². The fourth-order valence-electron chi connectivity index (χ4n) is 2.94. The minimum Gasteiger partial charge on any atom is -0.493 e. The van der Waals surface area contributed by atoms with Gasteiger partial charge < -0.3 is 18.8 Å². The average Bonchev–Trinajstić information content (AvgIpc) is 3.14. The van der Waals surface area contributed by atoms with Gasteiger partial charge in [-0.25, -0.2) is 9.37 Å². The average molecular weight is 370 g/mol. The molecule has 0 saturated carbocycles. The highest BCUT2D eigenvalue weighted by Crippen LogP contribution is 2.34. The van der Waals surface area contributed by atoms with Gasteiger partial charge in [0.25, 0.3) is 0 Å². The van der Waals surface area contributed by atoms with Crippen molar-refractivity contribution in [2.75, 3.05) is 21.3 Å². The molecule has 0 spiro atoms. The fraction of sp³-hybridized carbons (Fsp3) is 0.286. The van der Waals surface area contributed by atoms with Crippen LogP contribution >= 0.6 is 0 Å². The van der Waals surface area contributed by atoms with Crippen molar-refractivity contribution in [3.05, 3.63) is 54.6 Å². The summed E-state index contributed by atoms with van der Waals surface area (Å²) in [6, 6.07) is 10.6. The second-order valence-corrected chi connectivity index (χ2v) is 6.21. The minimum atomic E-state index is -0.334. The van der Waals surface area contributed by atoms with Gasteiger partial charge in [0.1, 0.15) is 11.6 Å². The maximum atomic E-state index is 14.9. The standard InChI is InChI=1S/C21H23FN2O3/c1-14(25-2)13-24-10-9-23-21(24)17-7-5-15(11-18(17)22)16-6-8-19(26-3)20(12-16)27-4/h5-12,14H,13H2,1-4H3. The number of rotatable bonds is 7. The summed E-state index contributed by atoms with van der Waals surface area (Å²) in [5, 5.41) is 0. The van der Waals surface area contributed by atoms with Gasteiger partial charge in [0.15, 0.2) is 11.5 Å². The third-order valence-electron chi connectivity index (χ3n) is 4.50. The number of methoxy groups -OCH3 is 3. The van der Waals surface area contributed by atoms with E-state index in [2.05, 4.69) is 4.98 Å². The summed E-state index contributed by atoms with van der Waals surface area (Å²) < 4.78 is 32.7. The van der Waals surface area contributed by atoms with Crippen molar-refractivity contribution < 1.29 is 18.6 Å². The molecule has 1 heterocycles. The van der Waals surface area contributed by atoms with Gasteiger partial charge in [-0.2, -0.15) is 0 Å². The van der Waals surface area contributed by atoms with Gasteiger partial charge in [0, 0.05) is 19.5 Å². The summed E-state index contributed by atoms with van der Waals surface area (Å²) in [6.45, 7) is 2.56. The molecule has 0 N–H and O–H groups in total. The second-order valence-electron chi connectivity index (χ2n) is 6.21. The van der Waals surface area contributed by atoms with Crippen molar-refractivity contribution in [1.29, 1.82) is 0 Å². The molecule has 0 aliphatic heterocycles. The molecule has 1 atom stereocenters. The molecule has 27 heavy (non-hydrogen) atoms. The molecular weight excluding hydrogens is 347 g/mol. The molecule has 2 aromatic carbocycles. The maximum Gasteiger partial charge on any atom is 0.161 e. The van der Waals surface area contributed by atoms with Crippen molar-refractivity contribution in [2.24, 2.45) is 0 Å². The summed E-state index contributed by atoms with van der Waals surface area (Å²) >= 11 is 0. The number of hydrogen-bond donors (Lipinski definition) is 0. The Morgan fingerprint density at radius 2 is 1.70 bits per heavy atom. The first-order valence-corrected chi connectivity index (χ1v) is 8.63. The monoisotopic (exact) mass is 370 g/mol. The van der Waals surface area contributed by atoms with E-state index in [1.165, 1.54) is 6.07 Å². The zero-order chi connectivity index (χ0) is 19.4. The topological polar surface area (TPSA) is 45.5 Å². The lowest BCUT2D eigenvalue weighted by Gasteiger charge is -2.14. The number of nitrogens with zero attached hydrogens (tertiary/aromatic N) is 2. The largest absolute Gasteiger partial charge is 0.493 e. The van der Waals surface area contributed by atoms with Gasteiger partial charge in [-0.15, -0.1) is 0 Å². The Balaban J connectivity index is 1.95. The first kappa shape index (κ1) is 18.9. The van der Waals surface area contributed by atoms with Gasteiger partial charge >= 0.3 is 0 Å². The summed E-state index contributed by atoms with van der Waals surface area (Å²) in [6.07, 6.45) is 3.50. The van der Waals surface area contributed by atoms with Crippen LogP contribution in [0.5, 0.6) is 11.5 Å². The quantitative estimate of drug-likeness (QED) is 0.618. The SMILES string of the molecule is COc1ccc(-c2ccc(-c3nccn3CC(C)OC)c(F)c2)cc1OC. The molecule has 6 heteroatoms. The van der Waals surface area contributed by atoms with Crippen molar-refractivity contribution >= 4 is 0 Å². The van der Waals surface area contributed by atoms with Crippen LogP contribution in [0.3, 0.4) is 0 Å². The van der Waals surface area contributed by atoms with Crippen LogP contribution in [0.2, 0.25) is 0 Å². The summed E-state index contributed by atoms with van der Waals surface area (Å²) in [5.41, 5.74) is 2.04. The number of ether oxygens (including phenoxy) is 3. The normalized spacial score (nSPS) is 12.0. The highest BCUT2D eigenvalue weighted by atomic mass is 19.1. The van der Waals surface area contributed by atoms with Crippen LogP contribution in [0.1, 0.15) is 6.92 Å². The van der Waals surface area contributed by atoms with Gasteiger partial charge in [0.05, 0.1) is 32.4 Å². The lowest BCUT2D eigenvalue weighted by molar-refractivity contribution is 0.103. The van der Waals surface area contributed by atoms with Crippen molar-refractivity contribution in [3.8, 4) is 34.0 Å². The molecule has 5 nitrogen and oxygen atoms in total. The van der Waals surface area contributed by atoms with E-state index < -0.39 is 0 Å². The van der Waals surface area contributed by atoms with E-state index in [4.69, 9.17) is 14.2 Å². The Kier molecular flexibility index (Phi) is 5.76. The number of benzene rings is 2. The zero-order valence-corrected chi connectivity index (χ0v) is 15.9. The molecule has 0 radical (unpaired) electrons. The molecule has 0 aliphatic carbocycles. The summed E-state index contributed by atoms with van der Waals surface area (Å²) in [5.74, 6) is 1.48. The van der Waals surface area contributed by atoms with Crippen molar-refractivity contribution in [2.45, 2.75) is 19.6 Å². The second kappa shape index (κ2) is 8.22. The highest BCUT2D eigenvalue weighted by molar-refractivity contribution is 5.70. The number of aromatic nitrogens is 2. The van der Waals surface area contributed by atoms with Crippen LogP contribution in [-0.4, -0.2) is 37.0 Å². The Morgan fingerprint density at radius 1 is 1.00 bits per heavy atom. The number of halogens is 1. The molecule has 3 rings (SSSR count). The predicted octanol–water partition coefficient (Wildman–Crippen LogP) is 4.41. The molecule has 1 unspecified atom stereocenters. The molecule has 3 aromatic rings. The number of imidazole rings is 1. The van der Waals surface area contributed by atoms with E-state index in [0.717, 1.165) is 11.1 Å². The van der Waals surface area contributed by atoms with E-state index in [9.17, 15) is 4.39 Å².